The molecule has 0 fully saturated rings. The molecule has 0 aliphatic rings. The maximum atomic E-state index is 11.0. The molecule has 0 bridgehead atoms. The van der Waals surface area contributed by atoms with Gasteiger partial charge >= 0.3 is 5.97 Å². The van der Waals surface area contributed by atoms with Gasteiger partial charge in [0.15, 0.2) is 0 Å². The molecule has 112 valence electrons. The second kappa shape index (κ2) is 6.35. The van der Waals surface area contributed by atoms with Gasteiger partial charge in [0.25, 0.3) is 0 Å². The summed E-state index contributed by atoms with van der Waals surface area (Å²) in [6.07, 6.45) is 1.86. The van der Waals surface area contributed by atoms with Gasteiger partial charge in [-0.25, -0.2) is 0 Å². The first-order valence-corrected chi connectivity index (χ1v) is 7.13. The van der Waals surface area contributed by atoms with Crippen molar-refractivity contribution < 1.29 is 14.3 Å². The summed E-state index contributed by atoms with van der Waals surface area (Å²) in [5.41, 5.74) is 2.99. The van der Waals surface area contributed by atoms with Crippen LogP contribution in [0.1, 0.15) is 18.1 Å². The second-order valence-electron chi connectivity index (χ2n) is 5.04. The highest BCUT2D eigenvalue weighted by molar-refractivity contribution is 5.88. The van der Waals surface area contributed by atoms with Crippen molar-refractivity contribution in [3.63, 3.8) is 0 Å². The number of nitrogens with one attached hydrogen (secondary N) is 1. The minimum Gasteiger partial charge on any atom is -0.488 e. The highest BCUT2D eigenvalue weighted by Crippen LogP contribution is 2.29. The fourth-order valence-corrected chi connectivity index (χ4v) is 2.35. The summed E-state index contributed by atoms with van der Waals surface area (Å²) in [4.78, 5) is 14.1. The van der Waals surface area contributed by atoms with Crippen LogP contribution < -0.4 is 4.74 Å². The van der Waals surface area contributed by atoms with E-state index in [9.17, 15) is 4.79 Å². The van der Waals surface area contributed by atoms with Gasteiger partial charge < -0.3 is 14.5 Å². The molecule has 1 heterocycles. The Morgan fingerprint density at radius 3 is 2.64 bits per heavy atom. The van der Waals surface area contributed by atoms with Gasteiger partial charge in [-0.05, 0) is 23.8 Å². The Kier molecular flexibility index (Phi) is 4.10. The lowest BCUT2D eigenvalue weighted by Gasteiger charge is -2.10. The van der Waals surface area contributed by atoms with E-state index < -0.39 is 0 Å². The average Bonchev–Trinajstić information content (AvgIpc) is 3.02. The van der Waals surface area contributed by atoms with Crippen LogP contribution in [0.2, 0.25) is 0 Å². The fourth-order valence-electron chi connectivity index (χ4n) is 2.35. The van der Waals surface area contributed by atoms with E-state index in [1.165, 1.54) is 6.92 Å². The molecule has 0 unspecified atom stereocenters. The van der Waals surface area contributed by atoms with Crippen molar-refractivity contribution in [1.82, 2.24) is 4.98 Å². The van der Waals surface area contributed by atoms with Crippen molar-refractivity contribution in [2.45, 2.75) is 20.1 Å². The summed E-state index contributed by atoms with van der Waals surface area (Å²) in [5.74, 6) is 0.524. The lowest BCUT2D eigenvalue weighted by molar-refractivity contribution is -0.142. The van der Waals surface area contributed by atoms with Crippen LogP contribution in [0.25, 0.3) is 10.9 Å². The average molecular weight is 295 g/mol. The maximum absolute atomic E-state index is 11.0. The first kappa shape index (κ1) is 14.2. The standard InChI is InChI=1S/C18H17NO3/c1-13(20)21-12-15-7-8-17(16-9-10-19-18(15)16)22-11-14-5-3-2-4-6-14/h2-10,19H,11-12H2,1H3. The number of aromatic amines is 1. The number of H-pyrrole nitrogens is 1. The van der Waals surface area contributed by atoms with E-state index in [1.807, 2.05) is 54.7 Å². The quantitative estimate of drug-likeness (QED) is 0.728. The summed E-state index contributed by atoms with van der Waals surface area (Å²) >= 11 is 0. The molecule has 3 aromatic rings. The predicted molar refractivity (Wildman–Crippen MR) is 84.5 cm³/mol. The van der Waals surface area contributed by atoms with E-state index >= 15 is 0 Å². The summed E-state index contributed by atoms with van der Waals surface area (Å²) in [5, 5.41) is 0.987. The van der Waals surface area contributed by atoms with Crippen molar-refractivity contribution in [2.24, 2.45) is 0 Å². The first-order valence-electron chi connectivity index (χ1n) is 7.13. The highest BCUT2D eigenvalue weighted by Gasteiger charge is 2.09. The number of carbonyl (C=O) groups excluding carboxylic acids is 1. The van der Waals surface area contributed by atoms with Crippen LogP contribution in [0.4, 0.5) is 0 Å². The van der Waals surface area contributed by atoms with Crippen LogP contribution in [0.15, 0.2) is 54.7 Å². The van der Waals surface area contributed by atoms with Crippen LogP contribution >= 0.6 is 0 Å². The Balaban J connectivity index is 1.81. The van der Waals surface area contributed by atoms with E-state index in [0.29, 0.717) is 6.61 Å². The van der Waals surface area contributed by atoms with Crippen LogP contribution in [-0.4, -0.2) is 11.0 Å². The number of hydrogen-bond donors (Lipinski definition) is 1. The Morgan fingerprint density at radius 1 is 1.05 bits per heavy atom. The minimum absolute atomic E-state index is 0.255. The summed E-state index contributed by atoms with van der Waals surface area (Å²) in [7, 11) is 0. The smallest absolute Gasteiger partial charge is 0.302 e. The normalized spacial score (nSPS) is 10.6. The summed E-state index contributed by atoms with van der Waals surface area (Å²) in [6, 6.07) is 15.8. The largest absolute Gasteiger partial charge is 0.488 e. The number of hydrogen-bond acceptors (Lipinski definition) is 3. The number of benzene rings is 2. The number of rotatable bonds is 5. The summed E-state index contributed by atoms with van der Waals surface area (Å²) in [6.45, 7) is 2.18. The Hall–Kier alpha value is -2.75. The van der Waals surface area contributed by atoms with Gasteiger partial charge in [0, 0.05) is 24.1 Å². The molecule has 0 atom stereocenters. The zero-order valence-electron chi connectivity index (χ0n) is 12.3. The molecule has 1 aromatic heterocycles. The van der Waals surface area contributed by atoms with Crippen molar-refractivity contribution in [1.29, 1.82) is 0 Å². The third kappa shape index (κ3) is 3.11. The van der Waals surface area contributed by atoms with Gasteiger partial charge in [0.1, 0.15) is 19.0 Å². The van der Waals surface area contributed by atoms with Crippen LogP contribution in [0.3, 0.4) is 0 Å². The number of aromatic nitrogens is 1. The lowest BCUT2D eigenvalue weighted by Crippen LogP contribution is -2.00. The van der Waals surface area contributed by atoms with E-state index in [0.717, 1.165) is 27.8 Å². The van der Waals surface area contributed by atoms with Crippen LogP contribution in [0.5, 0.6) is 5.75 Å². The molecule has 4 nitrogen and oxygen atoms in total. The Bertz CT molecular complexity index is 777. The molecular formula is C18H17NO3. The van der Waals surface area contributed by atoms with E-state index in [-0.39, 0.29) is 12.6 Å². The van der Waals surface area contributed by atoms with E-state index in [4.69, 9.17) is 9.47 Å². The van der Waals surface area contributed by atoms with Crippen molar-refractivity contribution >= 4 is 16.9 Å². The zero-order valence-corrected chi connectivity index (χ0v) is 12.3. The second-order valence-corrected chi connectivity index (χ2v) is 5.04. The highest BCUT2D eigenvalue weighted by atomic mass is 16.5. The molecule has 4 heteroatoms. The van der Waals surface area contributed by atoms with Gasteiger partial charge in [-0.3, -0.25) is 4.79 Å². The molecule has 0 saturated heterocycles. The van der Waals surface area contributed by atoms with Gasteiger partial charge in [-0.1, -0.05) is 30.3 Å². The molecule has 0 aliphatic heterocycles. The molecule has 2 aromatic carbocycles. The zero-order chi connectivity index (χ0) is 15.4. The third-order valence-corrected chi connectivity index (χ3v) is 3.44. The number of carbonyl (C=O) groups is 1. The molecule has 22 heavy (non-hydrogen) atoms. The van der Waals surface area contributed by atoms with Gasteiger partial charge in [0.2, 0.25) is 0 Å². The monoisotopic (exact) mass is 295 g/mol. The molecule has 3 rings (SSSR count). The van der Waals surface area contributed by atoms with Crippen LogP contribution in [0, 0.1) is 0 Å². The maximum Gasteiger partial charge on any atom is 0.302 e. The third-order valence-electron chi connectivity index (χ3n) is 3.44. The number of esters is 1. The van der Waals surface area contributed by atoms with Crippen molar-refractivity contribution in [3.05, 3.63) is 65.9 Å². The van der Waals surface area contributed by atoms with Crippen molar-refractivity contribution in [2.75, 3.05) is 0 Å². The molecule has 0 radical (unpaired) electrons. The van der Waals surface area contributed by atoms with Gasteiger partial charge in [-0.15, -0.1) is 0 Å². The topological polar surface area (TPSA) is 51.3 Å². The molecule has 0 amide bonds. The van der Waals surface area contributed by atoms with Crippen LogP contribution in [-0.2, 0) is 22.7 Å². The van der Waals surface area contributed by atoms with Gasteiger partial charge in [-0.2, -0.15) is 0 Å². The number of ether oxygens (including phenoxy) is 2. The molecule has 0 aliphatic carbocycles. The number of fused-ring (bicyclic) bond motifs is 1. The molecular weight excluding hydrogens is 278 g/mol. The van der Waals surface area contributed by atoms with Crippen molar-refractivity contribution in [3.8, 4) is 5.75 Å². The first-order chi connectivity index (χ1) is 10.7. The fraction of sp³-hybridized carbons (Fsp3) is 0.167. The predicted octanol–water partition coefficient (Wildman–Crippen LogP) is 3.81. The minimum atomic E-state index is -0.288. The van der Waals surface area contributed by atoms with E-state index in [2.05, 4.69) is 4.98 Å². The van der Waals surface area contributed by atoms with E-state index in [1.54, 1.807) is 0 Å². The van der Waals surface area contributed by atoms with Gasteiger partial charge in [0.05, 0.1) is 5.52 Å². The lowest BCUT2D eigenvalue weighted by atomic mass is 10.1. The Morgan fingerprint density at radius 2 is 1.86 bits per heavy atom. The molecule has 1 N–H and O–H groups in total. The molecule has 0 saturated carbocycles. The molecule has 0 spiro atoms. The SMILES string of the molecule is CC(=O)OCc1ccc(OCc2ccccc2)c2cc[nH]c12. The Labute approximate surface area is 128 Å². The summed E-state index contributed by atoms with van der Waals surface area (Å²) < 4.78 is 11.0.